The molecular formula is C12H13Cl2NO4. The third-order valence-electron chi connectivity index (χ3n) is 2.86. The van der Waals surface area contributed by atoms with E-state index < -0.39 is 12.2 Å². The molecule has 0 aliphatic carbocycles. The quantitative estimate of drug-likeness (QED) is 0.872. The Morgan fingerprint density at radius 1 is 1.32 bits per heavy atom. The van der Waals surface area contributed by atoms with E-state index in [0.29, 0.717) is 15.8 Å². The van der Waals surface area contributed by atoms with E-state index >= 15 is 0 Å². The molecule has 5 nitrogen and oxygen atoms in total. The molecule has 2 unspecified atom stereocenters. The van der Waals surface area contributed by atoms with E-state index in [1.807, 2.05) is 0 Å². The molecule has 1 saturated heterocycles. The van der Waals surface area contributed by atoms with Crippen molar-refractivity contribution in [3.8, 4) is 5.75 Å². The Morgan fingerprint density at radius 3 is 2.58 bits per heavy atom. The van der Waals surface area contributed by atoms with Crippen LogP contribution >= 0.6 is 23.2 Å². The van der Waals surface area contributed by atoms with Gasteiger partial charge in [0, 0.05) is 24.2 Å². The van der Waals surface area contributed by atoms with Crippen molar-refractivity contribution in [1.82, 2.24) is 4.90 Å². The number of halogens is 2. The number of ether oxygens (including phenoxy) is 1. The fourth-order valence-electron chi connectivity index (χ4n) is 1.79. The lowest BCUT2D eigenvalue weighted by molar-refractivity contribution is -0.132. The van der Waals surface area contributed by atoms with Crippen molar-refractivity contribution in [3.63, 3.8) is 0 Å². The largest absolute Gasteiger partial charge is 0.482 e. The predicted octanol–water partition coefficient (Wildman–Crippen LogP) is 0.936. The van der Waals surface area contributed by atoms with Crippen LogP contribution in [0.5, 0.6) is 5.75 Å². The molecule has 0 aromatic heterocycles. The molecule has 0 radical (unpaired) electrons. The highest BCUT2D eigenvalue weighted by Crippen LogP contribution is 2.27. The summed E-state index contributed by atoms with van der Waals surface area (Å²) in [5.41, 5.74) is 0. The lowest BCUT2D eigenvalue weighted by Gasteiger charge is -2.16. The fraction of sp³-hybridized carbons (Fsp3) is 0.417. The van der Waals surface area contributed by atoms with Gasteiger partial charge in [-0.2, -0.15) is 0 Å². The van der Waals surface area contributed by atoms with Crippen LogP contribution in [0.4, 0.5) is 0 Å². The van der Waals surface area contributed by atoms with Crippen molar-refractivity contribution < 1.29 is 19.7 Å². The third kappa shape index (κ3) is 3.51. The molecule has 0 bridgehead atoms. The Morgan fingerprint density at radius 2 is 1.95 bits per heavy atom. The number of carbonyl (C=O) groups is 1. The molecule has 7 heteroatoms. The van der Waals surface area contributed by atoms with Crippen LogP contribution < -0.4 is 4.74 Å². The van der Waals surface area contributed by atoms with Gasteiger partial charge in [0.1, 0.15) is 5.75 Å². The first-order valence-corrected chi connectivity index (χ1v) is 6.44. The summed E-state index contributed by atoms with van der Waals surface area (Å²) in [7, 11) is 0. The van der Waals surface area contributed by atoms with Gasteiger partial charge >= 0.3 is 0 Å². The topological polar surface area (TPSA) is 70.0 Å². The highest BCUT2D eigenvalue weighted by molar-refractivity contribution is 6.34. The van der Waals surface area contributed by atoms with E-state index in [4.69, 9.17) is 27.9 Å². The maximum absolute atomic E-state index is 11.8. The predicted molar refractivity (Wildman–Crippen MR) is 70.6 cm³/mol. The monoisotopic (exact) mass is 305 g/mol. The molecule has 104 valence electrons. The second-order valence-electron chi connectivity index (χ2n) is 4.30. The summed E-state index contributed by atoms with van der Waals surface area (Å²) in [6.07, 6.45) is -1.81. The van der Waals surface area contributed by atoms with E-state index in [9.17, 15) is 15.0 Å². The highest BCUT2D eigenvalue weighted by atomic mass is 35.5. The summed E-state index contributed by atoms with van der Waals surface area (Å²) >= 11 is 11.7. The number of hydrogen-bond acceptors (Lipinski definition) is 4. The van der Waals surface area contributed by atoms with Crippen molar-refractivity contribution in [2.45, 2.75) is 12.2 Å². The molecule has 1 fully saturated rings. The number of aliphatic hydroxyl groups excluding tert-OH is 2. The van der Waals surface area contributed by atoms with Crippen molar-refractivity contribution in [2.24, 2.45) is 0 Å². The summed E-state index contributed by atoms with van der Waals surface area (Å²) in [5.74, 6) is -0.00514. The number of amides is 1. The second kappa shape index (κ2) is 5.96. The molecule has 1 aromatic carbocycles. The maximum atomic E-state index is 11.8. The van der Waals surface area contributed by atoms with Crippen LogP contribution in [0.1, 0.15) is 0 Å². The van der Waals surface area contributed by atoms with Gasteiger partial charge in [0.25, 0.3) is 5.91 Å². The second-order valence-corrected chi connectivity index (χ2v) is 5.14. The number of hydrogen-bond donors (Lipinski definition) is 2. The molecular weight excluding hydrogens is 293 g/mol. The summed E-state index contributed by atoms with van der Waals surface area (Å²) in [6, 6.07) is 4.71. The number of rotatable bonds is 3. The number of aliphatic hydroxyl groups is 2. The maximum Gasteiger partial charge on any atom is 0.260 e. The van der Waals surface area contributed by atoms with E-state index in [0.717, 1.165) is 0 Å². The summed E-state index contributed by atoms with van der Waals surface area (Å²) in [5, 5.41) is 19.5. The van der Waals surface area contributed by atoms with Gasteiger partial charge in [0.2, 0.25) is 0 Å². The molecule has 19 heavy (non-hydrogen) atoms. The molecule has 2 N–H and O–H groups in total. The normalized spacial score (nSPS) is 22.6. The van der Waals surface area contributed by atoms with Crippen LogP contribution in [0.2, 0.25) is 10.0 Å². The van der Waals surface area contributed by atoms with Gasteiger partial charge in [-0.15, -0.1) is 0 Å². The Bertz CT molecular complexity index is 473. The third-order valence-corrected chi connectivity index (χ3v) is 3.40. The summed E-state index contributed by atoms with van der Waals surface area (Å²) in [6.45, 7) is -0.0151. The van der Waals surface area contributed by atoms with E-state index in [-0.39, 0.29) is 25.6 Å². The Hall–Kier alpha value is -1.01. The van der Waals surface area contributed by atoms with E-state index in [2.05, 4.69) is 0 Å². The smallest absolute Gasteiger partial charge is 0.260 e. The Labute approximate surface area is 120 Å². The molecule has 1 amide bonds. The van der Waals surface area contributed by atoms with Crippen molar-refractivity contribution in [2.75, 3.05) is 19.7 Å². The number of β-amino-alcohol motifs (C(OH)–C–C–N with tert-alkyl or cyclic N) is 2. The van der Waals surface area contributed by atoms with Gasteiger partial charge in [-0.05, 0) is 12.1 Å². The standard InChI is InChI=1S/C12H13Cl2NO4/c13-7-1-2-8(14)11(3-7)19-6-12(18)15-4-9(16)10(17)5-15/h1-3,9-10,16-17H,4-6H2. The van der Waals surface area contributed by atoms with Gasteiger partial charge in [0.05, 0.1) is 17.2 Å². The average molecular weight is 306 g/mol. The minimum Gasteiger partial charge on any atom is -0.482 e. The summed E-state index contributed by atoms with van der Waals surface area (Å²) in [4.78, 5) is 13.1. The van der Waals surface area contributed by atoms with E-state index in [1.54, 1.807) is 12.1 Å². The minimum absolute atomic E-state index is 0.104. The first kappa shape index (κ1) is 14.4. The number of benzene rings is 1. The molecule has 2 atom stereocenters. The van der Waals surface area contributed by atoms with Gasteiger partial charge < -0.3 is 19.8 Å². The Balaban J connectivity index is 1.92. The average Bonchev–Trinajstić information content (AvgIpc) is 2.70. The molecule has 1 heterocycles. The first-order valence-electron chi connectivity index (χ1n) is 5.69. The van der Waals surface area contributed by atoms with Gasteiger partial charge in [-0.1, -0.05) is 23.2 Å². The zero-order valence-electron chi connectivity index (χ0n) is 9.92. The molecule has 1 aliphatic heterocycles. The SMILES string of the molecule is O=C(COc1cc(Cl)ccc1Cl)N1CC(O)C(O)C1. The van der Waals surface area contributed by atoms with Gasteiger partial charge in [-0.25, -0.2) is 0 Å². The highest BCUT2D eigenvalue weighted by Gasteiger charge is 2.32. The lowest BCUT2D eigenvalue weighted by Crippen LogP contribution is -2.34. The van der Waals surface area contributed by atoms with Crippen LogP contribution in [-0.2, 0) is 4.79 Å². The van der Waals surface area contributed by atoms with Gasteiger partial charge in [-0.3, -0.25) is 4.79 Å². The molecule has 1 aromatic rings. The zero-order valence-corrected chi connectivity index (χ0v) is 11.4. The molecule has 2 rings (SSSR count). The summed E-state index contributed by atoms with van der Waals surface area (Å²) < 4.78 is 5.29. The lowest BCUT2D eigenvalue weighted by atomic mass is 10.3. The van der Waals surface area contributed by atoms with Crippen LogP contribution in [0.3, 0.4) is 0 Å². The number of likely N-dealkylation sites (tertiary alicyclic amines) is 1. The van der Waals surface area contributed by atoms with E-state index in [1.165, 1.54) is 11.0 Å². The minimum atomic E-state index is -0.904. The first-order chi connectivity index (χ1) is 8.97. The number of carbonyl (C=O) groups excluding carboxylic acids is 1. The zero-order chi connectivity index (χ0) is 14.0. The van der Waals surface area contributed by atoms with Crippen molar-refractivity contribution in [1.29, 1.82) is 0 Å². The number of nitrogens with zero attached hydrogens (tertiary/aromatic N) is 1. The fourth-order valence-corrected chi connectivity index (χ4v) is 2.13. The van der Waals surface area contributed by atoms with Crippen molar-refractivity contribution >= 4 is 29.1 Å². The molecule has 1 aliphatic rings. The van der Waals surface area contributed by atoms with Crippen LogP contribution in [0.25, 0.3) is 0 Å². The van der Waals surface area contributed by atoms with Crippen LogP contribution in [0, 0.1) is 0 Å². The molecule has 0 saturated carbocycles. The van der Waals surface area contributed by atoms with Gasteiger partial charge in [0.15, 0.2) is 6.61 Å². The van der Waals surface area contributed by atoms with Crippen LogP contribution in [0.15, 0.2) is 18.2 Å². The Kier molecular flexibility index (Phi) is 4.52. The molecule has 0 spiro atoms. The van der Waals surface area contributed by atoms with Crippen molar-refractivity contribution in [3.05, 3.63) is 28.2 Å². The van der Waals surface area contributed by atoms with Crippen LogP contribution in [-0.4, -0.2) is 52.9 Å².